The van der Waals surface area contributed by atoms with Crippen molar-refractivity contribution in [1.82, 2.24) is 9.80 Å². The number of rotatable bonds is 3. The van der Waals surface area contributed by atoms with Gasteiger partial charge >= 0.3 is 0 Å². The molecule has 19 heavy (non-hydrogen) atoms. The van der Waals surface area contributed by atoms with Gasteiger partial charge in [0, 0.05) is 39.8 Å². The third-order valence-electron chi connectivity index (χ3n) is 2.80. The zero-order chi connectivity index (χ0) is 14.6. The Balaban J connectivity index is 3.03. The van der Waals surface area contributed by atoms with Crippen LogP contribution in [0.1, 0.15) is 11.1 Å². The molecule has 0 fully saturated rings. The van der Waals surface area contributed by atoms with Gasteiger partial charge in [-0.3, -0.25) is 10.1 Å². The maximum atomic E-state index is 10.9. The summed E-state index contributed by atoms with van der Waals surface area (Å²) in [6.07, 6.45) is 0. The average molecular weight is 264 g/mol. The van der Waals surface area contributed by atoms with Gasteiger partial charge in [-0.2, -0.15) is 0 Å². The second kappa shape index (κ2) is 6.17. The summed E-state index contributed by atoms with van der Waals surface area (Å²) >= 11 is 0. The normalized spacial score (nSPS) is 9.95. The maximum Gasteiger partial charge on any atom is 0.272 e. The number of nitro benzene ring substituents is 1. The Hall–Kier alpha value is -2.11. The molecule has 6 heteroatoms. The van der Waals surface area contributed by atoms with Crippen LogP contribution >= 0.6 is 0 Å². The van der Waals surface area contributed by atoms with E-state index in [1.54, 1.807) is 13.0 Å². The summed E-state index contributed by atoms with van der Waals surface area (Å²) in [6, 6.07) is 5.08. The molecule has 6 nitrogen and oxygen atoms in total. The summed E-state index contributed by atoms with van der Waals surface area (Å²) in [5, 5.41) is 10.9. The quantitative estimate of drug-likeness (QED) is 0.362. The summed E-state index contributed by atoms with van der Waals surface area (Å²) in [6.45, 7) is 2.19. The van der Waals surface area contributed by atoms with Crippen LogP contribution < -0.4 is 0 Å². The standard InChI is InChI=1S/C13H20N4O2/c1-10-11(7-6-8-12(10)17(18)19)9-14-13(15(2)3)16(4)5/h6-8H,9H2,1-5H3. The zero-order valence-electron chi connectivity index (χ0n) is 12.0. The van der Waals surface area contributed by atoms with Crippen molar-refractivity contribution in [3.05, 3.63) is 39.4 Å². The molecule has 1 aromatic carbocycles. The van der Waals surface area contributed by atoms with Gasteiger partial charge in [0.2, 0.25) is 0 Å². The topological polar surface area (TPSA) is 62.0 Å². The van der Waals surface area contributed by atoms with Crippen molar-refractivity contribution in [2.75, 3.05) is 28.2 Å². The van der Waals surface area contributed by atoms with Crippen LogP contribution in [0.4, 0.5) is 5.69 Å². The lowest BCUT2D eigenvalue weighted by atomic mass is 10.1. The van der Waals surface area contributed by atoms with Crippen LogP contribution in [0.2, 0.25) is 0 Å². The van der Waals surface area contributed by atoms with Crippen molar-refractivity contribution < 1.29 is 4.92 Å². The van der Waals surface area contributed by atoms with E-state index in [1.807, 2.05) is 44.1 Å². The van der Waals surface area contributed by atoms with E-state index in [9.17, 15) is 10.1 Å². The first kappa shape index (κ1) is 14.9. The van der Waals surface area contributed by atoms with E-state index >= 15 is 0 Å². The van der Waals surface area contributed by atoms with Gasteiger partial charge in [0.15, 0.2) is 5.96 Å². The first-order valence-electron chi connectivity index (χ1n) is 5.96. The summed E-state index contributed by atoms with van der Waals surface area (Å²) < 4.78 is 0. The summed E-state index contributed by atoms with van der Waals surface area (Å²) in [5.41, 5.74) is 1.69. The van der Waals surface area contributed by atoms with Crippen molar-refractivity contribution in [3.8, 4) is 0 Å². The molecule has 1 aromatic rings. The fourth-order valence-electron chi connectivity index (χ4n) is 1.88. The SMILES string of the molecule is Cc1c(CN=C(N(C)C)N(C)C)cccc1[N+](=O)[O-]. The van der Waals surface area contributed by atoms with Crippen LogP contribution in [0.3, 0.4) is 0 Å². The van der Waals surface area contributed by atoms with E-state index in [1.165, 1.54) is 6.07 Å². The zero-order valence-corrected chi connectivity index (χ0v) is 12.0. The predicted molar refractivity (Wildman–Crippen MR) is 76.3 cm³/mol. The lowest BCUT2D eigenvalue weighted by Crippen LogP contribution is -2.35. The number of nitro groups is 1. The van der Waals surface area contributed by atoms with Crippen molar-refractivity contribution >= 4 is 11.6 Å². The molecule has 0 aromatic heterocycles. The minimum atomic E-state index is -0.360. The number of aliphatic imine (C=N–C) groups is 1. The van der Waals surface area contributed by atoms with Gasteiger partial charge in [0.25, 0.3) is 5.69 Å². The van der Waals surface area contributed by atoms with Crippen molar-refractivity contribution in [2.45, 2.75) is 13.5 Å². The number of hydrogen-bond acceptors (Lipinski definition) is 3. The second-order valence-electron chi connectivity index (χ2n) is 4.72. The molecule has 1 rings (SSSR count). The summed E-state index contributed by atoms with van der Waals surface area (Å²) in [4.78, 5) is 18.8. The minimum Gasteiger partial charge on any atom is -0.349 e. The first-order chi connectivity index (χ1) is 8.84. The molecule has 0 saturated carbocycles. The Bertz CT molecular complexity index is 485. The van der Waals surface area contributed by atoms with E-state index in [-0.39, 0.29) is 10.6 Å². The van der Waals surface area contributed by atoms with Gasteiger partial charge in [-0.05, 0) is 12.5 Å². The van der Waals surface area contributed by atoms with Gasteiger partial charge < -0.3 is 9.80 Å². The molecular formula is C13H20N4O2. The molecule has 104 valence electrons. The lowest BCUT2D eigenvalue weighted by molar-refractivity contribution is -0.385. The molecule has 0 radical (unpaired) electrons. The lowest BCUT2D eigenvalue weighted by Gasteiger charge is -2.22. The number of nitrogens with zero attached hydrogens (tertiary/aromatic N) is 4. The summed E-state index contributed by atoms with van der Waals surface area (Å²) in [5.74, 6) is 0.825. The highest BCUT2D eigenvalue weighted by atomic mass is 16.6. The number of benzene rings is 1. The van der Waals surface area contributed by atoms with Crippen molar-refractivity contribution in [1.29, 1.82) is 0 Å². The molecule has 0 spiro atoms. The van der Waals surface area contributed by atoms with Crippen molar-refractivity contribution in [3.63, 3.8) is 0 Å². The molecule has 0 aliphatic heterocycles. The Kier molecular flexibility index (Phi) is 4.86. The monoisotopic (exact) mass is 264 g/mol. The first-order valence-corrected chi connectivity index (χ1v) is 5.96. The fourth-order valence-corrected chi connectivity index (χ4v) is 1.88. The number of guanidine groups is 1. The Morgan fingerprint density at radius 2 is 1.84 bits per heavy atom. The predicted octanol–water partition coefficient (Wildman–Crippen LogP) is 1.88. The van der Waals surface area contributed by atoms with Crippen LogP contribution in [-0.4, -0.2) is 48.9 Å². The van der Waals surface area contributed by atoms with Gasteiger partial charge in [0.05, 0.1) is 11.5 Å². The van der Waals surface area contributed by atoms with E-state index in [0.29, 0.717) is 12.1 Å². The highest BCUT2D eigenvalue weighted by Crippen LogP contribution is 2.21. The van der Waals surface area contributed by atoms with E-state index < -0.39 is 0 Å². The minimum absolute atomic E-state index is 0.143. The highest BCUT2D eigenvalue weighted by molar-refractivity contribution is 5.79. The molecule has 0 amide bonds. The highest BCUT2D eigenvalue weighted by Gasteiger charge is 2.13. The molecular weight excluding hydrogens is 244 g/mol. The van der Waals surface area contributed by atoms with Crippen LogP contribution in [-0.2, 0) is 6.54 Å². The van der Waals surface area contributed by atoms with Crippen LogP contribution in [0.15, 0.2) is 23.2 Å². The van der Waals surface area contributed by atoms with Gasteiger partial charge in [-0.15, -0.1) is 0 Å². The van der Waals surface area contributed by atoms with E-state index in [0.717, 1.165) is 11.5 Å². The maximum absolute atomic E-state index is 10.9. The van der Waals surface area contributed by atoms with Crippen LogP contribution in [0.5, 0.6) is 0 Å². The summed E-state index contributed by atoms with van der Waals surface area (Å²) in [7, 11) is 7.66. The van der Waals surface area contributed by atoms with Gasteiger partial charge in [0.1, 0.15) is 0 Å². The Morgan fingerprint density at radius 3 is 2.32 bits per heavy atom. The van der Waals surface area contributed by atoms with Crippen molar-refractivity contribution in [2.24, 2.45) is 4.99 Å². The molecule has 0 unspecified atom stereocenters. The van der Waals surface area contributed by atoms with Crippen LogP contribution in [0.25, 0.3) is 0 Å². The molecule has 0 atom stereocenters. The molecule has 0 bridgehead atoms. The Morgan fingerprint density at radius 1 is 1.26 bits per heavy atom. The molecule has 0 saturated heterocycles. The molecule has 0 aliphatic rings. The fraction of sp³-hybridized carbons (Fsp3) is 0.462. The van der Waals surface area contributed by atoms with E-state index in [4.69, 9.17) is 0 Å². The largest absolute Gasteiger partial charge is 0.349 e. The average Bonchev–Trinajstić information content (AvgIpc) is 2.30. The van der Waals surface area contributed by atoms with E-state index in [2.05, 4.69) is 4.99 Å². The molecule has 0 heterocycles. The van der Waals surface area contributed by atoms with Gasteiger partial charge in [-0.25, -0.2) is 4.99 Å². The van der Waals surface area contributed by atoms with Gasteiger partial charge in [-0.1, -0.05) is 12.1 Å². The second-order valence-corrected chi connectivity index (χ2v) is 4.72. The Labute approximate surface area is 113 Å². The third kappa shape index (κ3) is 3.67. The smallest absolute Gasteiger partial charge is 0.272 e. The number of hydrogen-bond donors (Lipinski definition) is 0. The molecule has 0 N–H and O–H groups in total. The third-order valence-corrected chi connectivity index (χ3v) is 2.80. The molecule has 0 aliphatic carbocycles. The van der Waals surface area contributed by atoms with Crippen LogP contribution in [0, 0.1) is 17.0 Å².